The third-order valence-corrected chi connectivity index (χ3v) is 2.65. The first kappa shape index (κ1) is 12.2. The van der Waals surface area contributed by atoms with Crippen LogP contribution >= 0.6 is 0 Å². The molecular weight excluding hydrogens is 233 g/mol. The van der Waals surface area contributed by atoms with E-state index in [2.05, 4.69) is 4.98 Å². The molecule has 0 saturated heterocycles. The molecule has 0 atom stereocenters. The van der Waals surface area contributed by atoms with E-state index in [-0.39, 0.29) is 11.3 Å². The van der Waals surface area contributed by atoms with Crippen LogP contribution in [0.1, 0.15) is 21.5 Å². The molecule has 2 aromatic rings. The Kier molecular flexibility index (Phi) is 3.37. The van der Waals surface area contributed by atoms with Crippen molar-refractivity contribution in [2.24, 2.45) is 0 Å². The van der Waals surface area contributed by atoms with Crippen molar-refractivity contribution in [2.45, 2.75) is 6.92 Å². The summed E-state index contributed by atoms with van der Waals surface area (Å²) in [4.78, 5) is 15.8. The number of aromatic nitrogens is 1. The van der Waals surface area contributed by atoms with Gasteiger partial charge in [0.05, 0.1) is 13.3 Å². The first-order chi connectivity index (χ1) is 8.61. The van der Waals surface area contributed by atoms with Gasteiger partial charge in [-0.3, -0.25) is 9.78 Å². The maximum atomic E-state index is 13.0. The van der Waals surface area contributed by atoms with Crippen LogP contribution in [-0.2, 0) is 0 Å². The third kappa shape index (κ3) is 2.37. The number of rotatable bonds is 3. The van der Waals surface area contributed by atoms with E-state index in [1.54, 1.807) is 25.3 Å². The van der Waals surface area contributed by atoms with Gasteiger partial charge < -0.3 is 4.74 Å². The molecule has 0 aliphatic rings. The molecule has 0 aliphatic heterocycles. The average molecular weight is 245 g/mol. The lowest BCUT2D eigenvalue weighted by Crippen LogP contribution is -2.05. The molecule has 0 amide bonds. The normalized spacial score (nSPS) is 10.2. The number of benzene rings is 1. The van der Waals surface area contributed by atoms with Crippen LogP contribution in [0.2, 0.25) is 0 Å². The van der Waals surface area contributed by atoms with Gasteiger partial charge >= 0.3 is 0 Å². The standard InChI is InChI=1S/C14H12FNO2/c1-9-5-12(18-2)3-4-13(9)14(17)10-6-11(15)8-16-7-10/h3-8H,1-2H3. The van der Waals surface area contributed by atoms with E-state index in [0.717, 1.165) is 11.8 Å². The van der Waals surface area contributed by atoms with Gasteiger partial charge in [0.15, 0.2) is 5.78 Å². The molecule has 92 valence electrons. The SMILES string of the molecule is COc1ccc(C(=O)c2cncc(F)c2)c(C)c1. The van der Waals surface area contributed by atoms with Crippen molar-refractivity contribution < 1.29 is 13.9 Å². The Morgan fingerprint density at radius 1 is 1.28 bits per heavy atom. The second-order valence-corrected chi connectivity index (χ2v) is 3.90. The lowest BCUT2D eigenvalue weighted by molar-refractivity contribution is 0.103. The highest BCUT2D eigenvalue weighted by Gasteiger charge is 2.13. The van der Waals surface area contributed by atoms with Gasteiger partial charge in [-0.15, -0.1) is 0 Å². The van der Waals surface area contributed by atoms with Crippen molar-refractivity contribution in [3.63, 3.8) is 0 Å². The van der Waals surface area contributed by atoms with Crippen LogP contribution in [0.4, 0.5) is 4.39 Å². The Morgan fingerprint density at radius 2 is 2.06 bits per heavy atom. The van der Waals surface area contributed by atoms with Gasteiger partial charge in [-0.2, -0.15) is 0 Å². The van der Waals surface area contributed by atoms with E-state index in [0.29, 0.717) is 11.3 Å². The highest BCUT2D eigenvalue weighted by Crippen LogP contribution is 2.19. The quantitative estimate of drug-likeness (QED) is 0.780. The van der Waals surface area contributed by atoms with Gasteiger partial charge in [0.25, 0.3) is 0 Å². The molecule has 2 rings (SSSR count). The molecule has 0 fully saturated rings. The lowest BCUT2D eigenvalue weighted by Gasteiger charge is -2.07. The summed E-state index contributed by atoms with van der Waals surface area (Å²) in [5.74, 6) is -0.0874. The maximum Gasteiger partial charge on any atom is 0.194 e. The molecule has 0 N–H and O–H groups in total. The van der Waals surface area contributed by atoms with E-state index in [1.165, 1.54) is 12.3 Å². The average Bonchev–Trinajstić information content (AvgIpc) is 2.37. The van der Waals surface area contributed by atoms with E-state index in [9.17, 15) is 9.18 Å². The molecular formula is C14H12FNO2. The van der Waals surface area contributed by atoms with Crippen LogP contribution in [0, 0.1) is 12.7 Å². The van der Waals surface area contributed by atoms with E-state index in [1.807, 2.05) is 6.92 Å². The van der Waals surface area contributed by atoms with Gasteiger partial charge in [-0.05, 0) is 36.8 Å². The molecule has 18 heavy (non-hydrogen) atoms. The predicted molar refractivity (Wildman–Crippen MR) is 65.4 cm³/mol. The van der Waals surface area contributed by atoms with E-state index >= 15 is 0 Å². The summed E-state index contributed by atoms with van der Waals surface area (Å²) in [5, 5.41) is 0. The Hall–Kier alpha value is -2.23. The topological polar surface area (TPSA) is 39.2 Å². The second kappa shape index (κ2) is 4.96. The molecule has 0 radical (unpaired) electrons. The van der Waals surface area contributed by atoms with Crippen LogP contribution in [0.3, 0.4) is 0 Å². The predicted octanol–water partition coefficient (Wildman–Crippen LogP) is 2.77. The van der Waals surface area contributed by atoms with Gasteiger partial charge in [-0.1, -0.05) is 0 Å². The molecule has 1 aromatic carbocycles. The first-order valence-electron chi connectivity index (χ1n) is 5.41. The number of carbonyl (C=O) groups excluding carboxylic acids is 1. The number of hydrogen-bond donors (Lipinski definition) is 0. The van der Waals surface area contributed by atoms with Crippen LogP contribution < -0.4 is 4.74 Å². The summed E-state index contributed by atoms with van der Waals surface area (Å²) >= 11 is 0. The molecule has 1 heterocycles. The van der Waals surface area contributed by atoms with Crippen LogP contribution in [0.5, 0.6) is 5.75 Å². The monoisotopic (exact) mass is 245 g/mol. The summed E-state index contributed by atoms with van der Waals surface area (Å²) in [6, 6.07) is 6.31. The molecule has 0 aliphatic carbocycles. The summed E-state index contributed by atoms with van der Waals surface area (Å²) in [7, 11) is 1.56. The molecule has 1 aromatic heterocycles. The Balaban J connectivity index is 2.40. The zero-order chi connectivity index (χ0) is 13.1. The fourth-order valence-corrected chi connectivity index (χ4v) is 1.71. The van der Waals surface area contributed by atoms with Crippen LogP contribution in [-0.4, -0.2) is 17.9 Å². The molecule has 0 spiro atoms. The van der Waals surface area contributed by atoms with Crippen molar-refractivity contribution in [3.05, 3.63) is 59.2 Å². The molecule has 0 bridgehead atoms. The molecule has 3 nitrogen and oxygen atoms in total. The number of halogens is 1. The fourth-order valence-electron chi connectivity index (χ4n) is 1.71. The van der Waals surface area contributed by atoms with Crippen molar-refractivity contribution >= 4 is 5.78 Å². The first-order valence-corrected chi connectivity index (χ1v) is 5.41. The number of pyridine rings is 1. The number of carbonyl (C=O) groups is 1. The van der Waals surface area contributed by atoms with Gasteiger partial charge in [0.2, 0.25) is 0 Å². The minimum Gasteiger partial charge on any atom is -0.497 e. The second-order valence-electron chi connectivity index (χ2n) is 3.90. The zero-order valence-electron chi connectivity index (χ0n) is 10.1. The Bertz CT molecular complexity index is 596. The largest absolute Gasteiger partial charge is 0.497 e. The van der Waals surface area contributed by atoms with Gasteiger partial charge in [0.1, 0.15) is 11.6 Å². The molecule has 4 heteroatoms. The zero-order valence-corrected chi connectivity index (χ0v) is 10.1. The number of aryl methyl sites for hydroxylation is 1. The fraction of sp³-hybridized carbons (Fsp3) is 0.143. The van der Waals surface area contributed by atoms with Gasteiger partial charge in [0, 0.05) is 17.3 Å². The Morgan fingerprint density at radius 3 is 2.67 bits per heavy atom. The number of ether oxygens (including phenoxy) is 1. The summed E-state index contributed by atoms with van der Waals surface area (Å²) in [6.07, 6.45) is 2.42. The number of hydrogen-bond acceptors (Lipinski definition) is 3. The van der Waals surface area contributed by atoms with Crippen molar-refractivity contribution in [1.82, 2.24) is 4.98 Å². The van der Waals surface area contributed by atoms with Crippen LogP contribution in [0.15, 0.2) is 36.7 Å². The summed E-state index contributed by atoms with van der Waals surface area (Å²) < 4.78 is 18.1. The lowest BCUT2D eigenvalue weighted by atomic mass is 10.00. The van der Waals surface area contributed by atoms with E-state index in [4.69, 9.17) is 4.74 Å². The van der Waals surface area contributed by atoms with Crippen molar-refractivity contribution in [2.75, 3.05) is 7.11 Å². The highest BCUT2D eigenvalue weighted by molar-refractivity contribution is 6.09. The minimum absolute atomic E-state index is 0.239. The Labute approximate surface area is 104 Å². The molecule has 0 unspecified atom stereocenters. The highest BCUT2D eigenvalue weighted by atomic mass is 19.1. The summed E-state index contributed by atoms with van der Waals surface area (Å²) in [6.45, 7) is 1.81. The van der Waals surface area contributed by atoms with Crippen molar-refractivity contribution in [1.29, 1.82) is 0 Å². The minimum atomic E-state index is -0.521. The number of ketones is 1. The number of methoxy groups -OCH3 is 1. The van der Waals surface area contributed by atoms with Gasteiger partial charge in [-0.25, -0.2) is 4.39 Å². The summed E-state index contributed by atoms with van der Waals surface area (Å²) in [5.41, 5.74) is 1.54. The van der Waals surface area contributed by atoms with Crippen LogP contribution in [0.25, 0.3) is 0 Å². The smallest absolute Gasteiger partial charge is 0.194 e. The molecule has 0 saturated carbocycles. The van der Waals surface area contributed by atoms with E-state index < -0.39 is 5.82 Å². The van der Waals surface area contributed by atoms with Crippen molar-refractivity contribution in [3.8, 4) is 5.75 Å². The third-order valence-electron chi connectivity index (χ3n) is 2.65. The number of nitrogens with zero attached hydrogens (tertiary/aromatic N) is 1. The maximum absolute atomic E-state index is 13.0.